The molecule has 1 saturated carbocycles. The van der Waals surface area contributed by atoms with Gasteiger partial charge in [0.15, 0.2) is 24.2 Å². The molecule has 1 fully saturated rings. The standard InChI is InChI=1S/C12H12F2O3/c13-10-3-9(5-15)4-11(14)12(10)17-7-16-6-8-1-2-8/h3-5,8H,1-2,6-7H2. The lowest BCUT2D eigenvalue weighted by Crippen LogP contribution is -2.07. The van der Waals surface area contributed by atoms with E-state index in [0.29, 0.717) is 18.8 Å². The van der Waals surface area contributed by atoms with Gasteiger partial charge in [0.1, 0.15) is 6.29 Å². The Morgan fingerprint density at radius 3 is 2.47 bits per heavy atom. The lowest BCUT2D eigenvalue weighted by atomic mass is 10.2. The maximum absolute atomic E-state index is 13.3. The van der Waals surface area contributed by atoms with Crippen molar-refractivity contribution in [1.82, 2.24) is 0 Å². The first-order valence-electron chi connectivity index (χ1n) is 5.35. The van der Waals surface area contributed by atoms with E-state index in [1.165, 1.54) is 0 Å². The predicted molar refractivity (Wildman–Crippen MR) is 55.9 cm³/mol. The minimum Gasteiger partial charge on any atom is -0.461 e. The van der Waals surface area contributed by atoms with E-state index in [1.807, 2.05) is 0 Å². The summed E-state index contributed by atoms with van der Waals surface area (Å²) in [6.07, 6.45) is 2.65. The van der Waals surface area contributed by atoms with Gasteiger partial charge in [-0.3, -0.25) is 4.79 Å². The molecule has 5 heteroatoms. The summed E-state index contributed by atoms with van der Waals surface area (Å²) in [6, 6.07) is 1.85. The average molecular weight is 242 g/mol. The van der Waals surface area contributed by atoms with E-state index < -0.39 is 17.4 Å². The second kappa shape index (κ2) is 5.23. The minimum atomic E-state index is -0.901. The first kappa shape index (κ1) is 12.0. The zero-order valence-corrected chi connectivity index (χ0v) is 9.12. The van der Waals surface area contributed by atoms with Gasteiger partial charge in [0.25, 0.3) is 0 Å². The first-order valence-corrected chi connectivity index (χ1v) is 5.35. The molecule has 3 nitrogen and oxygen atoms in total. The highest BCUT2D eigenvalue weighted by Crippen LogP contribution is 2.29. The third kappa shape index (κ3) is 3.23. The van der Waals surface area contributed by atoms with Crippen LogP contribution in [0.5, 0.6) is 5.75 Å². The van der Waals surface area contributed by atoms with E-state index in [9.17, 15) is 13.6 Å². The number of rotatable bonds is 6. The van der Waals surface area contributed by atoms with Crippen molar-refractivity contribution in [3.05, 3.63) is 29.3 Å². The van der Waals surface area contributed by atoms with Crippen molar-refractivity contribution in [2.24, 2.45) is 5.92 Å². The fourth-order valence-corrected chi connectivity index (χ4v) is 1.39. The van der Waals surface area contributed by atoms with Crippen LogP contribution in [0.3, 0.4) is 0 Å². The maximum Gasteiger partial charge on any atom is 0.193 e. The summed E-state index contributed by atoms with van der Waals surface area (Å²) in [7, 11) is 0. The van der Waals surface area contributed by atoms with Crippen LogP contribution < -0.4 is 4.74 Å². The van der Waals surface area contributed by atoms with Gasteiger partial charge in [-0.2, -0.15) is 0 Å². The van der Waals surface area contributed by atoms with E-state index in [-0.39, 0.29) is 12.4 Å². The van der Waals surface area contributed by atoms with Crippen LogP contribution >= 0.6 is 0 Å². The molecule has 1 aliphatic rings. The quantitative estimate of drug-likeness (QED) is 0.437. The lowest BCUT2D eigenvalue weighted by Gasteiger charge is -2.09. The molecule has 0 aromatic heterocycles. The number of halogens is 2. The molecule has 0 spiro atoms. The van der Waals surface area contributed by atoms with Crippen molar-refractivity contribution in [2.75, 3.05) is 13.4 Å². The Kier molecular flexibility index (Phi) is 3.68. The monoisotopic (exact) mass is 242 g/mol. The molecule has 0 unspecified atom stereocenters. The number of hydrogen-bond acceptors (Lipinski definition) is 3. The predicted octanol–water partition coefficient (Wildman–Crippen LogP) is 2.54. The smallest absolute Gasteiger partial charge is 0.193 e. The van der Waals surface area contributed by atoms with Gasteiger partial charge < -0.3 is 9.47 Å². The molecular weight excluding hydrogens is 230 g/mol. The van der Waals surface area contributed by atoms with Crippen LogP contribution in [0.25, 0.3) is 0 Å². The SMILES string of the molecule is O=Cc1cc(F)c(OCOCC2CC2)c(F)c1. The average Bonchev–Trinajstić information content (AvgIpc) is 3.10. The molecule has 0 radical (unpaired) electrons. The Bertz CT molecular complexity index is 393. The Morgan fingerprint density at radius 1 is 1.29 bits per heavy atom. The first-order chi connectivity index (χ1) is 8.20. The summed E-state index contributed by atoms with van der Waals surface area (Å²) in [4.78, 5) is 10.4. The fourth-order valence-electron chi connectivity index (χ4n) is 1.39. The van der Waals surface area contributed by atoms with Gasteiger partial charge in [-0.25, -0.2) is 8.78 Å². The number of hydrogen-bond donors (Lipinski definition) is 0. The van der Waals surface area contributed by atoms with E-state index in [2.05, 4.69) is 0 Å². The number of carbonyl (C=O) groups excluding carboxylic acids is 1. The van der Waals surface area contributed by atoms with Crippen LogP contribution in [0.15, 0.2) is 12.1 Å². The Balaban J connectivity index is 1.91. The van der Waals surface area contributed by atoms with Crippen molar-refractivity contribution in [2.45, 2.75) is 12.8 Å². The van der Waals surface area contributed by atoms with Crippen LogP contribution in [-0.2, 0) is 4.74 Å². The molecule has 0 saturated heterocycles. The van der Waals surface area contributed by atoms with Crippen molar-refractivity contribution >= 4 is 6.29 Å². The molecule has 0 heterocycles. The highest BCUT2D eigenvalue weighted by Gasteiger charge is 2.21. The molecule has 92 valence electrons. The summed E-state index contributed by atoms with van der Waals surface area (Å²) >= 11 is 0. The van der Waals surface area contributed by atoms with Crippen molar-refractivity contribution in [1.29, 1.82) is 0 Å². The van der Waals surface area contributed by atoms with Gasteiger partial charge >= 0.3 is 0 Å². The molecule has 0 atom stereocenters. The fraction of sp³-hybridized carbons (Fsp3) is 0.417. The number of aldehydes is 1. The van der Waals surface area contributed by atoms with Crippen LogP contribution in [0.2, 0.25) is 0 Å². The summed E-state index contributed by atoms with van der Waals surface area (Å²) in [5.41, 5.74) is -0.0637. The van der Waals surface area contributed by atoms with Gasteiger partial charge in [-0.1, -0.05) is 0 Å². The van der Waals surface area contributed by atoms with Gasteiger partial charge in [-0.15, -0.1) is 0 Å². The van der Waals surface area contributed by atoms with E-state index in [4.69, 9.17) is 9.47 Å². The van der Waals surface area contributed by atoms with Crippen LogP contribution in [0.1, 0.15) is 23.2 Å². The number of ether oxygens (including phenoxy) is 2. The molecular formula is C12H12F2O3. The second-order valence-corrected chi connectivity index (χ2v) is 4.01. The Labute approximate surface area is 97.3 Å². The van der Waals surface area contributed by atoms with E-state index in [0.717, 1.165) is 25.0 Å². The molecule has 0 N–H and O–H groups in total. The van der Waals surface area contributed by atoms with E-state index in [1.54, 1.807) is 0 Å². The summed E-state index contributed by atoms with van der Waals surface area (Å²) in [5, 5.41) is 0. The molecule has 0 aliphatic heterocycles. The van der Waals surface area contributed by atoms with Crippen LogP contribution in [-0.4, -0.2) is 19.7 Å². The summed E-state index contributed by atoms with van der Waals surface area (Å²) < 4.78 is 36.6. The highest BCUT2D eigenvalue weighted by molar-refractivity contribution is 5.75. The largest absolute Gasteiger partial charge is 0.461 e. The Hall–Kier alpha value is -1.49. The molecule has 1 aromatic rings. The molecule has 17 heavy (non-hydrogen) atoms. The molecule has 1 aliphatic carbocycles. The lowest BCUT2D eigenvalue weighted by molar-refractivity contribution is 0.00572. The van der Waals surface area contributed by atoms with E-state index >= 15 is 0 Å². The van der Waals surface area contributed by atoms with Crippen LogP contribution in [0, 0.1) is 17.6 Å². The van der Waals surface area contributed by atoms with Crippen molar-refractivity contribution in [3.8, 4) is 5.75 Å². The second-order valence-electron chi connectivity index (χ2n) is 4.01. The Morgan fingerprint density at radius 2 is 1.94 bits per heavy atom. The normalized spacial score (nSPS) is 14.7. The van der Waals surface area contributed by atoms with Crippen molar-refractivity contribution < 1.29 is 23.0 Å². The third-order valence-electron chi connectivity index (χ3n) is 2.49. The van der Waals surface area contributed by atoms with Gasteiger partial charge in [0.2, 0.25) is 0 Å². The topological polar surface area (TPSA) is 35.5 Å². The van der Waals surface area contributed by atoms with Gasteiger partial charge in [0, 0.05) is 5.56 Å². The molecule has 2 rings (SSSR count). The number of benzene rings is 1. The summed E-state index contributed by atoms with van der Waals surface area (Å²) in [5.74, 6) is -1.75. The molecule has 1 aromatic carbocycles. The molecule has 0 bridgehead atoms. The zero-order valence-electron chi connectivity index (χ0n) is 9.12. The van der Waals surface area contributed by atoms with Gasteiger partial charge in [0.05, 0.1) is 6.61 Å². The minimum absolute atomic E-state index is 0.0637. The third-order valence-corrected chi connectivity index (χ3v) is 2.49. The number of carbonyl (C=O) groups is 1. The highest BCUT2D eigenvalue weighted by atomic mass is 19.1. The zero-order chi connectivity index (χ0) is 12.3. The molecule has 0 amide bonds. The maximum atomic E-state index is 13.3. The summed E-state index contributed by atoms with van der Waals surface area (Å²) in [6.45, 7) is 0.362. The van der Waals surface area contributed by atoms with Crippen molar-refractivity contribution in [3.63, 3.8) is 0 Å². The van der Waals surface area contributed by atoms with Crippen LogP contribution in [0.4, 0.5) is 8.78 Å². The van der Waals surface area contributed by atoms with Gasteiger partial charge in [-0.05, 0) is 30.9 Å².